The Hall–Kier alpha value is -1.96. The van der Waals surface area contributed by atoms with Crippen molar-refractivity contribution in [3.05, 3.63) is 53.1 Å². The zero-order valence-electron chi connectivity index (χ0n) is 10.4. The monoisotopic (exact) mass is 227 g/mol. The highest BCUT2D eigenvalue weighted by atomic mass is 16.3. The molecule has 17 heavy (non-hydrogen) atoms. The van der Waals surface area contributed by atoms with Crippen LogP contribution in [0.15, 0.2) is 36.4 Å². The fraction of sp³-hybridized carbons (Fsp3) is 0.200. The van der Waals surface area contributed by atoms with Gasteiger partial charge in [-0.05, 0) is 56.2 Å². The average molecular weight is 227 g/mol. The summed E-state index contributed by atoms with van der Waals surface area (Å²) in [4.78, 5) is 0. The third kappa shape index (κ3) is 2.59. The van der Waals surface area contributed by atoms with E-state index in [0.717, 1.165) is 16.9 Å². The lowest BCUT2D eigenvalue weighted by molar-refractivity contribution is 0.475. The predicted octanol–water partition coefficient (Wildman–Crippen LogP) is 4.06. The molecule has 0 amide bonds. The van der Waals surface area contributed by atoms with Crippen molar-refractivity contribution in [2.24, 2.45) is 0 Å². The van der Waals surface area contributed by atoms with Crippen molar-refractivity contribution in [3.63, 3.8) is 0 Å². The van der Waals surface area contributed by atoms with Crippen LogP contribution in [0.5, 0.6) is 5.75 Å². The third-order valence-corrected chi connectivity index (χ3v) is 2.86. The lowest BCUT2D eigenvalue weighted by Gasteiger charge is -2.12. The molecule has 0 bridgehead atoms. The number of aryl methyl sites for hydroxylation is 3. The fourth-order valence-electron chi connectivity index (χ4n) is 1.89. The fourth-order valence-corrected chi connectivity index (χ4v) is 1.89. The molecule has 0 aromatic heterocycles. The third-order valence-electron chi connectivity index (χ3n) is 2.86. The topological polar surface area (TPSA) is 32.3 Å². The summed E-state index contributed by atoms with van der Waals surface area (Å²) < 4.78 is 0. The molecule has 2 heteroatoms. The molecule has 0 aliphatic rings. The number of phenols is 1. The molecule has 0 unspecified atom stereocenters. The molecule has 2 nitrogen and oxygen atoms in total. The van der Waals surface area contributed by atoms with Crippen LogP contribution >= 0.6 is 0 Å². The number of anilines is 2. The summed E-state index contributed by atoms with van der Waals surface area (Å²) in [6, 6.07) is 11.7. The van der Waals surface area contributed by atoms with Crippen LogP contribution in [0.4, 0.5) is 11.4 Å². The van der Waals surface area contributed by atoms with Crippen molar-refractivity contribution >= 4 is 11.4 Å². The van der Waals surface area contributed by atoms with E-state index in [4.69, 9.17) is 0 Å². The van der Waals surface area contributed by atoms with Gasteiger partial charge in [0.25, 0.3) is 0 Å². The number of phenolic OH excluding ortho intramolecular Hbond substituents is 1. The van der Waals surface area contributed by atoms with E-state index in [1.807, 2.05) is 13.0 Å². The highest BCUT2D eigenvalue weighted by Gasteiger charge is 2.02. The molecule has 2 rings (SSSR count). The van der Waals surface area contributed by atoms with E-state index in [1.165, 1.54) is 11.1 Å². The first-order chi connectivity index (χ1) is 8.06. The Morgan fingerprint density at radius 3 is 2.00 bits per heavy atom. The van der Waals surface area contributed by atoms with Crippen LogP contribution in [0.2, 0.25) is 0 Å². The van der Waals surface area contributed by atoms with Crippen molar-refractivity contribution in [3.8, 4) is 5.75 Å². The van der Waals surface area contributed by atoms with E-state index in [0.29, 0.717) is 5.75 Å². The number of rotatable bonds is 2. The second-order valence-electron chi connectivity index (χ2n) is 4.44. The molecule has 0 heterocycles. The van der Waals surface area contributed by atoms with Gasteiger partial charge in [0, 0.05) is 11.4 Å². The zero-order valence-corrected chi connectivity index (χ0v) is 10.4. The maximum absolute atomic E-state index is 9.37. The van der Waals surface area contributed by atoms with Crippen LogP contribution in [0.1, 0.15) is 16.7 Å². The maximum atomic E-state index is 9.37. The summed E-state index contributed by atoms with van der Waals surface area (Å²) >= 11 is 0. The first kappa shape index (κ1) is 11.5. The van der Waals surface area contributed by atoms with Crippen LogP contribution in [0.3, 0.4) is 0 Å². The van der Waals surface area contributed by atoms with Gasteiger partial charge in [-0.15, -0.1) is 0 Å². The molecular weight excluding hydrogens is 210 g/mol. The summed E-state index contributed by atoms with van der Waals surface area (Å²) in [5.41, 5.74) is 5.64. The van der Waals surface area contributed by atoms with Crippen LogP contribution in [-0.2, 0) is 0 Å². The molecule has 2 N–H and O–H groups in total. The van der Waals surface area contributed by atoms with Crippen LogP contribution < -0.4 is 5.32 Å². The molecule has 0 aliphatic heterocycles. The van der Waals surface area contributed by atoms with Crippen molar-refractivity contribution in [1.82, 2.24) is 0 Å². The Labute approximate surface area is 102 Å². The summed E-state index contributed by atoms with van der Waals surface area (Å²) in [7, 11) is 0. The summed E-state index contributed by atoms with van der Waals surface area (Å²) in [6.45, 7) is 6.15. The zero-order chi connectivity index (χ0) is 12.4. The highest BCUT2D eigenvalue weighted by Crippen LogP contribution is 2.26. The number of benzene rings is 2. The molecule has 0 aliphatic carbocycles. The van der Waals surface area contributed by atoms with Gasteiger partial charge >= 0.3 is 0 Å². The van der Waals surface area contributed by atoms with E-state index >= 15 is 0 Å². The molecule has 88 valence electrons. The lowest BCUT2D eigenvalue weighted by Crippen LogP contribution is -1.95. The molecule has 2 aromatic rings. The Bertz CT molecular complexity index is 497. The van der Waals surface area contributed by atoms with Crippen molar-refractivity contribution < 1.29 is 5.11 Å². The second kappa shape index (κ2) is 4.50. The molecule has 0 saturated heterocycles. The van der Waals surface area contributed by atoms with Crippen LogP contribution in [0, 0.1) is 20.8 Å². The summed E-state index contributed by atoms with van der Waals surface area (Å²) in [5.74, 6) is 0.300. The molecule has 0 saturated carbocycles. The minimum atomic E-state index is 0.300. The van der Waals surface area contributed by atoms with Gasteiger partial charge in [-0.2, -0.15) is 0 Å². The van der Waals surface area contributed by atoms with E-state index < -0.39 is 0 Å². The minimum Gasteiger partial charge on any atom is -0.508 e. The Morgan fingerprint density at radius 2 is 1.41 bits per heavy atom. The number of hydrogen-bond donors (Lipinski definition) is 2. The van der Waals surface area contributed by atoms with Gasteiger partial charge in [0.2, 0.25) is 0 Å². The van der Waals surface area contributed by atoms with E-state index in [2.05, 4.69) is 37.4 Å². The number of nitrogens with one attached hydrogen (secondary N) is 1. The summed E-state index contributed by atoms with van der Waals surface area (Å²) in [5, 5.41) is 12.8. The maximum Gasteiger partial charge on any atom is 0.115 e. The largest absolute Gasteiger partial charge is 0.508 e. The molecule has 2 aromatic carbocycles. The SMILES string of the molecule is Cc1ccc(Nc2ccc(O)cc2C)c(C)c1. The Kier molecular flexibility index (Phi) is 3.05. The van der Waals surface area contributed by atoms with Crippen molar-refractivity contribution in [2.75, 3.05) is 5.32 Å². The van der Waals surface area contributed by atoms with Crippen molar-refractivity contribution in [2.45, 2.75) is 20.8 Å². The second-order valence-corrected chi connectivity index (χ2v) is 4.44. The smallest absolute Gasteiger partial charge is 0.115 e. The Balaban J connectivity index is 2.31. The predicted molar refractivity (Wildman–Crippen MR) is 72.0 cm³/mol. The van der Waals surface area contributed by atoms with Gasteiger partial charge in [-0.3, -0.25) is 0 Å². The highest BCUT2D eigenvalue weighted by molar-refractivity contribution is 5.66. The van der Waals surface area contributed by atoms with Gasteiger partial charge < -0.3 is 10.4 Å². The number of hydrogen-bond acceptors (Lipinski definition) is 2. The number of aromatic hydroxyl groups is 1. The first-order valence-corrected chi connectivity index (χ1v) is 5.70. The normalized spacial score (nSPS) is 10.3. The lowest BCUT2D eigenvalue weighted by atomic mass is 10.1. The molecule has 0 radical (unpaired) electrons. The molecular formula is C15H17NO. The molecule has 0 fully saturated rings. The molecule has 0 spiro atoms. The van der Waals surface area contributed by atoms with Gasteiger partial charge in [-0.25, -0.2) is 0 Å². The van der Waals surface area contributed by atoms with Crippen LogP contribution in [0.25, 0.3) is 0 Å². The molecule has 0 atom stereocenters. The van der Waals surface area contributed by atoms with E-state index in [9.17, 15) is 5.11 Å². The van der Waals surface area contributed by atoms with Gasteiger partial charge in [0.1, 0.15) is 5.75 Å². The van der Waals surface area contributed by atoms with E-state index in [1.54, 1.807) is 12.1 Å². The minimum absolute atomic E-state index is 0.300. The summed E-state index contributed by atoms with van der Waals surface area (Å²) in [6.07, 6.45) is 0. The van der Waals surface area contributed by atoms with E-state index in [-0.39, 0.29) is 0 Å². The van der Waals surface area contributed by atoms with Crippen molar-refractivity contribution in [1.29, 1.82) is 0 Å². The van der Waals surface area contributed by atoms with Gasteiger partial charge in [0.05, 0.1) is 0 Å². The van der Waals surface area contributed by atoms with Gasteiger partial charge in [0.15, 0.2) is 0 Å². The first-order valence-electron chi connectivity index (χ1n) is 5.70. The Morgan fingerprint density at radius 1 is 0.824 bits per heavy atom. The quantitative estimate of drug-likeness (QED) is 0.758. The van der Waals surface area contributed by atoms with Gasteiger partial charge in [-0.1, -0.05) is 17.7 Å². The average Bonchev–Trinajstić information content (AvgIpc) is 2.25. The standard InChI is InChI=1S/C15H17NO/c1-10-4-6-14(11(2)8-10)16-15-7-5-13(17)9-12(15)3/h4-9,16-17H,1-3H3. The van der Waals surface area contributed by atoms with Crippen LogP contribution in [-0.4, -0.2) is 5.11 Å².